The first-order valence-corrected chi connectivity index (χ1v) is 24.9. The first-order chi connectivity index (χ1) is 26.6. The molecule has 0 bridgehead atoms. The van der Waals surface area contributed by atoms with Crippen molar-refractivity contribution < 1.29 is 37.3 Å². The molecule has 0 aliphatic rings. The van der Waals surface area contributed by atoms with Crippen molar-refractivity contribution in [1.82, 2.24) is 0 Å². The Morgan fingerprint density at radius 3 is 1.38 bits per heavy atom. The van der Waals surface area contributed by atoms with E-state index in [1.807, 2.05) is 21.1 Å². The van der Waals surface area contributed by atoms with Crippen LogP contribution in [0.4, 0.5) is 0 Å². The summed E-state index contributed by atoms with van der Waals surface area (Å²) < 4.78 is 34.6. The SMILES string of the molecule is CCCCCCCCC/C=C\CCCCCCCC(=O)OC(COCCCCCCCCCCCCCCCCCCC)COP(=O)([O-])OCC[N+](C)(C)C. The predicted octanol–water partition coefficient (Wildman–Crippen LogP) is 13.2. The van der Waals surface area contributed by atoms with E-state index in [2.05, 4.69) is 26.0 Å². The van der Waals surface area contributed by atoms with Gasteiger partial charge in [0.2, 0.25) is 0 Å². The number of hydrogen-bond acceptors (Lipinski definition) is 7. The minimum atomic E-state index is -4.52. The lowest BCUT2D eigenvalue weighted by Gasteiger charge is -2.28. The highest BCUT2D eigenvalue weighted by atomic mass is 31.2. The average Bonchev–Trinajstić information content (AvgIpc) is 3.13. The summed E-state index contributed by atoms with van der Waals surface area (Å²) in [5.74, 6) is -0.338. The number of hydrogen-bond donors (Lipinski definition) is 0. The number of rotatable bonds is 44. The second-order valence-corrected chi connectivity index (χ2v) is 18.5. The highest BCUT2D eigenvalue weighted by Crippen LogP contribution is 2.38. The fourth-order valence-corrected chi connectivity index (χ4v) is 7.39. The fraction of sp³-hybridized carbons (Fsp3) is 0.935. The molecule has 9 heteroatoms. The van der Waals surface area contributed by atoms with Crippen molar-refractivity contribution in [3.63, 3.8) is 0 Å². The van der Waals surface area contributed by atoms with Crippen LogP contribution in [0.15, 0.2) is 12.2 Å². The molecular formula is C46H92NO7P. The molecule has 2 atom stereocenters. The van der Waals surface area contributed by atoms with Crippen LogP contribution in [0.2, 0.25) is 0 Å². The number of quaternary nitrogens is 1. The second-order valence-electron chi connectivity index (χ2n) is 17.1. The molecule has 0 radical (unpaired) electrons. The van der Waals surface area contributed by atoms with Crippen LogP contribution in [0.3, 0.4) is 0 Å². The van der Waals surface area contributed by atoms with Crippen LogP contribution in [0, 0.1) is 0 Å². The Bertz CT molecular complexity index is 894. The quantitative estimate of drug-likeness (QED) is 0.0199. The van der Waals surface area contributed by atoms with Gasteiger partial charge >= 0.3 is 5.97 Å². The number of carbonyl (C=O) groups excluding carboxylic acids is 1. The predicted molar refractivity (Wildman–Crippen MR) is 231 cm³/mol. The van der Waals surface area contributed by atoms with Crippen LogP contribution in [0.1, 0.15) is 219 Å². The van der Waals surface area contributed by atoms with E-state index >= 15 is 0 Å². The van der Waals surface area contributed by atoms with Crippen LogP contribution in [-0.2, 0) is 27.9 Å². The van der Waals surface area contributed by atoms with Crippen molar-refractivity contribution in [3.05, 3.63) is 12.2 Å². The lowest BCUT2D eigenvalue weighted by molar-refractivity contribution is -0.870. The Balaban J connectivity index is 4.18. The number of phosphoric acid groups is 1. The number of ether oxygens (including phenoxy) is 2. The van der Waals surface area contributed by atoms with Crippen molar-refractivity contribution in [2.75, 3.05) is 54.1 Å². The number of esters is 1. The Labute approximate surface area is 341 Å². The molecule has 0 aromatic heterocycles. The van der Waals surface area contributed by atoms with E-state index in [0.717, 1.165) is 44.9 Å². The molecule has 0 aliphatic carbocycles. The molecule has 2 unspecified atom stereocenters. The molecule has 55 heavy (non-hydrogen) atoms. The van der Waals surface area contributed by atoms with Crippen molar-refractivity contribution in [2.24, 2.45) is 0 Å². The summed E-state index contributed by atoms with van der Waals surface area (Å²) in [5.41, 5.74) is 0. The topological polar surface area (TPSA) is 94.1 Å². The molecule has 0 aromatic carbocycles. The molecule has 0 rings (SSSR count). The zero-order valence-electron chi connectivity index (χ0n) is 37.1. The molecule has 0 aromatic rings. The highest BCUT2D eigenvalue weighted by molar-refractivity contribution is 7.45. The molecule has 328 valence electrons. The summed E-state index contributed by atoms with van der Waals surface area (Å²) in [7, 11) is 1.36. The molecule has 0 spiro atoms. The van der Waals surface area contributed by atoms with Crippen LogP contribution >= 0.6 is 7.82 Å². The van der Waals surface area contributed by atoms with Crippen molar-refractivity contribution in [3.8, 4) is 0 Å². The van der Waals surface area contributed by atoms with Crippen molar-refractivity contribution in [1.29, 1.82) is 0 Å². The average molecular weight is 802 g/mol. The second kappa shape index (κ2) is 40.0. The van der Waals surface area contributed by atoms with Gasteiger partial charge in [0.05, 0.1) is 34.4 Å². The Kier molecular flexibility index (Phi) is 39.5. The molecular weight excluding hydrogens is 709 g/mol. The summed E-state index contributed by atoms with van der Waals surface area (Å²) in [6.45, 7) is 5.45. The molecule has 0 fully saturated rings. The van der Waals surface area contributed by atoms with E-state index in [0.29, 0.717) is 24.1 Å². The van der Waals surface area contributed by atoms with Crippen LogP contribution in [-0.4, -0.2) is 70.7 Å². The summed E-state index contributed by atoms with van der Waals surface area (Å²) in [6.07, 6.45) is 43.6. The molecule has 0 aliphatic heterocycles. The number of nitrogens with zero attached hydrogens (tertiary/aromatic N) is 1. The van der Waals surface area contributed by atoms with Gasteiger partial charge in [-0.15, -0.1) is 0 Å². The minimum absolute atomic E-state index is 0.0279. The van der Waals surface area contributed by atoms with E-state index < -0.39 is 13.9 Å². The maximum Gasteiger partial charge on any atom is 0.306 e. The third-order valence-electron chi connectivity index (χ3n) is 10.3. The molecule has 0 saturated carbocycles. The van der Waals surface area contributed by atoms with Gasteiger partial charge in [-0.2, -0.15) is 0 Å². The van der Waals surface area contributed by atoms with Gasteiger partial charge in [0.1, 0.15) is 19.3 Å². The van der Waals surface area contributed by atoms with Gasteiger partial charge in [-0.25, -0.2) is 0 Å². The van der Waals surface area contributed by atoms with Gasteiger partial charge in [0.15, 0.2) is 0 Å². The summed E-state index contributed by atoms with van der Waals surface area (Å²) in [6, 6.07) is 0. The molecule has 0 amide bonds. The molecule has 0 N–H and O–H groups in total. The number of allylic oxidation sites excluding steroid dienone is 2. The van der Waals surface area contributed by atoms with Gasteiger partial charge in [-0.1, -0.05) is 187 Å². The van der Waals surface area contributed by atoms with E-state index in [-0.39, 0.29) is 25.8 Å². The number of unbranched alkanes of at least 4 members (excludes halogenated alkanes) is 28. The molecule has 0 saturated heterocycles. The van der Waals surface area contributed by atoms with Crippen LogP contribution < -0.4 is 4.89 Å². The number of likely N-dealkylation sites (N-methyl/N-ethyl adjacent to an activating group) is 1. The number of carbonyl (C=O) groups is 1. The summed E-state index contributed by atoms with van der Waals surface area (Å²) in [5, 5.41) is 0. The van der Waals surface area contributed by atoms with Gasteiger partial charge in [-0.3, -0.25) is 9.36 Å². The highest BCUT2D eigenvalue weighted by Gasteiger charge is 2.20. The Morgan fingerprint density at radius 1 is 0.545 bits per heavy atom. The first kappa shape index (κ1) is 54.2. The lowest BCUT2D eigenvalue weighted by Crippen LogP contribution is -2.37. The van der Waals surface area contributed by atoms with Crippen LogP contribution in [0.5, 0.6) is 0 Å². The minimum Gasteiger partial charge on any atom is -0.756 e. The van der Waals surface area contributed by atoms with Gasteiger partial charge in [-0.05, 0) is 38.5 Å². The zero-order chi connectivity index (χ0) is 40.6. The Hall–Kier alpha value is -0.760. The van der Waals surface area contributed by atoms with Crippen molar-refractivity contribution in [2.45, 2.75) is 225 Å². The fourth-order valence-electron chi connectivity index (χ4n) is 6.66. The first-order valence-electron chi connectivity index (χ1n) is 23.4. The molecule has 8 nitrogen and oxygen atoms in total. The van der Waals surface area contributed by atoms with E-state index in [1.54, 1.807) is 0 Å². The Morgan fingerprint density at radius 2 is 0.945 bits per heavy atom. The molecule has 0 heterocycles. The van der Waals surface area contributed by atoms with Gasteiger partial charge in [0.25, 0.3) is 7.82 Å². The monoisotopic (exact) mass is 802 g/mol. The third kappa shape index (κ3) is 44.2. The van der Waals surface area contributed by atoms with E-state index in [1.165, 1.54) is 154 Å². The van der Waals surface area contributed by atoms with Crippen LogP contribution in [0.25, 0.3) is 0 Å². The maximum atomic E-state index is 12.7. The normalized spacial score (nSPS) is 13.8. The number of phosphoric ester groups is 1. The van der Waals surface area contributed by atoms with Gasteiger partial charge < -0.3 is 27.9 Å². The lowest BCUT2D eigenvalue weighted by atomic mass is 10.0. The zero-order valence-corrected chi connectivity index (χ0v) is 38.0. The maximum absolute atomic E-state index is 12.7. The van der Waals surface area contributed by atoms with Crippen molar-refractivity contribution >= 4 is 13.8 Å². The summed E-state index contributed by atoms with van der Waals surface area (Å²) in [4.78, 5) is 25.1. The standard InChI is InChI=1S/C46H92NO7P/c1-6-8-10-12-14-16-18-20-22-24-26-28-30-32-34-36-38-41-51-43-45(44-53-55(49,50)52-42-40-47(3,4)5)54-46(48)39-37-35-33-31-29-27-25-23-21-19-17-15-13-11-9-7-2/h23,25,45H,6-22,24,26-44H2,1-5H3/b25-23-. The van der Waals surface area contributed by atoms with E-state index in [4.69, 9.17) is 18.5 Å². The van der Waals surface area contributed by atoms with E-state index in [9.17, 15) is 14.3 Å². The smallest absolute Gasteiger partial charge is 0.306 e. The largest absolute Gasteiger partial charge is 0.756 e. The van der Waals surface area contributed by atoms with Gasteiger partial charge in [0, 0.05) is 13.0 Å². The third-order valence-corrected chi connectivity index (χ3v) is 11.3. The summed E-state index contributed by atoms with van der Waals surface area (Å²) >= 11 is 0.